The van der Waals surface area contributed by atoms with Gasteiger partial charge in [-0.1, -0.05) is 44.2 Å². The molecule has 1 aliphatic rings. The standard InChI is InChI=1S/C25H30N4O3/c1-19(2)24(32-22-11-7-6-8-20(22)18-26)25(31)27-13-12-23(30)29-16-14-28(15-17-29)21-9-4-3-5-10-21/h3-11,19,24H,12-17H2,1-2H3,(H,27,31). The lowest BCUT2D eigenvalue weighted by Crippen LogP contribution is -2.49. The molecular weight excluding hydrogens is 404 g/mol. The summed E-state index contributed by atoms with van der Waals surface area (Å²) in [4.78, 5) is 29.4. The summed E-state index contributed by atoms with van der Waals surface area (Å²) in [5, 5.41) is 12.1. The van der Waals surface area contributed by atoms with Gasteiger partial charge in [-0.2, -0.15) is 5.26 Å². The van der Waals surface area contributed by atoms with Crippen LogP contribution in [0.15, 0.2) is 54.6 Å². The van der Waals surface area contributed by atoms with Crippen molar-refractivity contribution in [1.82, 2.24) is 10.2 Å². The molecule has 7 heteroatoms. The maximum Gasteiger partial charge on any atom is 0.261 e. The SMILES string of the molecule is CC(C)C(Oc1ccccc1C#N)C(=O)NCCC(=O)N1CCN(c2ccccc2)CC1. The van der Waals surface area contributed by atoms with Crippen molar-refractivity contribution in [3.05, 3.63) is 60.2 Å². The number of benzene rings is 2. The minimum atomic E-state index is -0.742. The summed E-state index contributed by atoms with van der Waals surface area (Å²) >= 11 is 0. The van der Waals surface area contributed by atoms with E-state index >= 15 is 0 Å². The van der Waals surface area contributed by atoms with Gasteiger partial charge in [0.25, 0.3) is 5.91 Å². The summed E-state index contributed by atoms with van der Waals surface area (Å²) in [5.41, 5.74) is 1.56. The fourth-order valence-electron chi connectivity index (χ4n) is 3.70. The number of carbonyl (C=O) groups is 2. The normalized spacial score (nSPS) is 14.6. The van der Waals surface area contributed by atoms with Gasteiger partial charge in [0.1, 0.15) is 11.8 Å². The second-order valence-corrected chi connectivity index (χ2v) is 8.13. The lowest BCUT2D eigenvalue weighted by atomic mass is 10.1. The Bertz CT molecular complexity index is 947. The first kappa shape index (κ1) is 23.1. The Balaban J connectivity index is 1.46. The highest BCUT2D eigenvalue weighted by Crippen LogP contribution is 2.21. The Morgan fingerprint density at radius 2 is 1.69 bits per heavy atom. The molecule has 1 unspecified atom stereocenters. The number of amides is 2. The van der Waals surface area contributed by atoms with E-state index in [-0.39, 0.29) is 30.7 Å². The van der Waals surface area contributed by atoms with E-state index in [1.54, 1.807) is 24.3 Å². The van der Waals surface area contributed by atoms with Crippen molar-refractivity contribution in [2.24, 2.45) is 5.92 Å². The van der Waals surface area contributed by atoms with Crippen LogP contribution in [-0.4, -0.2) is 55.5 Å². The molecule has 7 nitrogen and oxygen atoms in total. The van der Waals surface area contributed by atoms with E-state index in [4.69, 9.17) is 4.74 Å². The van der Waals surface area contributed by atoms with E-state index in [9.17, 15) is 14.9 Å². The van der Waals surface area contributed by atoms with Gasteiger partial charge in [0, 0.05) is 44.8 Å². The minimum Gasteiger partial charge on any atom is -0.479 e. The summed E-state index contributed by atoms with van der Waals surface area (Å²) in [6.07, 6.45) is -0.495. The van der Waals surface area contributed by atoms with Crippen molar-refractivity contribution in [3.8, 4) is 11.8 Å². The Morgan fingerprint density at radius 1 is 1.03 bits per heavy atom. The Kier molecular flexibility index (Phi) is 8.09. The van der Waals surface area contributed by atoms with Gasteiger partial charge in [-0.05, 0) is 30.2 Å². The van der Waals surface area contributed by atoms with Crippen LogP contribution >= 0.6 is 0 Å². The first-order valence-electron chi connectivity index (χ1n) is 11.0. The Hall–Kier alpha value is -3.53. The predicted octanol–water partition coefficient (Wildman–Crippen LogP) is 2.82. The molecular formula is C25H30N4O3. The number of carbonyl (C=O) groups excluding carboxylic acids is 2. The van der Waals surface area contributed by atoms with Gasteiger partial charge >= 0.3 is 0 Å². The largest absolute Gasteiger partial charge is 0.479 e. The summed E-state index contributed by atoms with van der Waals surface area (Å²) < 4.78 is 5.85. The van der Waals surface area contributed by atoms with Gasteiger partial charge < -0.3 is 19.9 Å². The molecule has 0 aliphatic carbocycles. The third-order valence-corrected chi connectivity index (χ3v) is 5.52. The average Bonchev–Trinajstić information content (AvgIpc) is 2.83. The highest BCUT2D eigenvalue weighted by atomic mass is 16.5. The Morgan fingerprint density at radius 3 is 2.34 bits per heavy atom. The van der Waals surface area contributed by atoms with E-state index < -0.39 is 6.10 Å². The van der Waals surface area contributed by atoms with Crippen LogP contribution < -0.4 is 15.0 Å². The third kappa shape index (κ3) is 6.01. The van der Waals surface area contributed by atoms with Crippen molar-refractivity contribution in [3.63, 3.8) is 0 Å². The van der Waals surface area contributed by atoms with E-state index in [0.717, 1.165) is 13.1 Å². The van der Waals surface area contributed by atoms with Gasteiger partial charge in [0.15, 0.2) is 6.10 Å². The summed E-state index contributed by atoms with van der Waals surface area (Å²) in [6, 6.07) is 19.1. The molecule has 2 amide bonds. The van der Waals surface area contributed by atoms with Gasteiger partial charge in [-0.3, -0.25) is 9.59 Å². The number of hydrogen-bond acceptors (Lipinski definition) is 5. The summed E-state index contributed by atoms with van der Waals surface area (Å²) in [7, 11) is 0. The van der Waals surface area contributed by atoms with Crippen LogP contribution in [0.2, 0.25) is 0 Å². The fourth-order valence-corrected chi connectivity index (χ4v) is 3.70. The van der Waals surface area contributed by atoms with Gasteiger partial charge in [0.05, 0.1) is 5.56 Å². The van der Waals surface area contributed by atoms with Crippen LogP contribution in [0.4, 0.5) is 5.69 Å². The van der Waals surface area contributed by atoms with E-state index in [0.29, 0.717) is 24.4 Å². The van der Waals surface area contributed by atoms with E-state index in [1.165, 1.54) is 5.69 Å². The molecule has 0 bridgehead atoms. The molecule has 32 heavy (non-hydrogen) atoms. The molecule has 1 fully saturated rings. The molecule has 0 aromatic heterocycles. The van der Waals surface area contributed by atoms with Crippen LogP contribution in [0.5, 0.6) is 5.75 Å². The number of piperazine rings is 1. The van der Waals surface area contributed by atoms with Gasteiger partial charge in [-0.25, -0.2) is 0 Å². The maximum atomic E-state index is 12.7. The van der Waals surface area contributed by atoms with Crippen LogP contribution in [0.3, 0.4) is 0 Å². The number of nitriles is 1. The molecule has 168 valence electrons. The molecule has 0 saturated carbocycles. The van der Waals surface area contributed by atoms with Gasteiger partial charge in [0.2, 0.25) is 5.91 Å². The summed E-state index contributed by atoms with van der Waals surface area (Å²) in [6.45, 7) is 6.96. The lowest BCUT2D eigenvalue weighted by molar-refractivity contribution is -0.132. The average molecular weight is 435 g/mol. The first-order valence-corrected chi connectivity index (χ1v) is 11.0. The topological polar surface area (TPSA) is 85.7 Å². The Labute approximate surface area is 189 Å². The highest BCUT2D eigenvalue weighted by molar-refractivity contribution is 5.82. The maximum absolute atomic E-state index is 12.7. The number of nitrogens with zero attached hydrogens (tertiary/aromatic N) is 3. The van der Waals surface area contributed by atoms with Crippen LogP contribution in [0.25, 0.3) is 0 Å². The zero-order chi connectivity index (χ0) is 22.9. The quantitative estimate of drug-likeness (QED) is 0.691. The summed E-state index contributed by atoms with van der Waals surface area (Å²) in [5.74, 6) is 0.0454. The van der Waals surface area contributed by atoms with Crippen molar-refractivity contribution >= 4 is 17.5 Å². The van der Waals surface area contributed by atoms with Crippen molar-refractivity contribution in [2.75, 3.05) is 37.6 Å². The van der Waals surface area contributed by atoms with E-state index in [2.05, 4.69) is 28.4 Å². The third-order valence-electron chi connectivity index (χ3n) is 5.52. The van der Waals surface area contributed by atoms with Crippen molar-refractivity contribution < 1.29 is 14.3 Å². The molecule has 1 heterocycles. The molecule has 3 rings (SSSR count). The molecule has 1 N–H and O–H groups in total. The predicted molar refractivity (Wildman–Crippen MR) is 123 cm³/mol. The number of hydrogen-bond donors (Lipinski definition) is 1. The van der Waals surface area contributed by atoms with E-state index in [1.807, 2.05) is 36.9 Å². The number of ether oxygens (including phenoxy) is 1. The second-order valence-electron chi connectivity index (χ2n) is 8.13. The molecule has 2 aromatic rings. The van der Waals surface area contributed by atoms with Gasteiger partial charge in [-0.15, -0.1) is 0 Å². The second kappa shape index (κ2) is 11.2. The fraction of sp³-hybridized carbons (Fsp3) is 0.400. The number of para-hydroxylation sites is 2. The molecule has 0 spiro atoms. The zero-order valence-corrected chi connectivity index (χ0v) is 18.7. The smallest absolute Gasteiger partial charge is 0.261 e. The lowest BCUT2D eigenvalue weighted by Gasteiger charge is -2.36. The number of rotatable bonds is 8. The highest BCUT2D eigenvalue weighted by Gasteiger charge is 2.26. The first-order chi connectivity index (χ1) is 15.5. The van der Waals surface area contributed by atoms with Crippen LogP contribution in [0, 0.1) is 17.2 Å². The molecule has 1 atom stereocenters. The monoisotopic (exact) mass is 434 g/mol. The molecule has 1 saturated heterocycles. The number of anilines is 1. The zero-order valence-electron chi connectivity index (χ0n) is 18.7. The number of nitrogens with one attached hydrogen (secondary N) is 1. The van der Waals surface area contributed by atoms with Crippen LogP contribution in [-0.2, 0) is 9.59 Å². The van der Waals surface area contributed by atoms with Crippen LogP contribution in [0.1, 0.15) is 25.8 Å². The molecule has 2 aromatic carbocycles. The van der Waals surface area contributed by atoms with Crippen molar-refractivity contribution in [2.45, 2.75) is 26.4 Å². The van der Waals surface area contributed by atoms with Crippen molar-refractivity contribution in [1.29, 1.82) is 5.26 Å². The minimum absolute atomic E-state index is 0.0369. The molecule has 1 aliphatic heterocycles. The molecule has 0 radical (unpaired) electrons.